The molecule has 0 radical (unpaired) electrons. The Hall–Kier alpha value is -1.10. The SMILES string of the molecule is CCc1nn(C)c2c1[nH]c(=S)n2C1CCCC(C)C1C. The van der Waals surface area contributed by atoms with Crippen molar-refractivity contribution in [1.82, 2.24) is 19.3 Å². The molecule has 1 aliphatic carbocycles. The predicted molar refractivity (Wildman–Crippen MR) is 84.5 cm³/mol. The molecule has 20 heavy (non-hydrogen) atoms. The summed E-state index contributed by atoms with van der Waals surface area (Å²) in [6, 6.07) is 0.500. The Kier molecular flexibility index (Phi) is 3.48. The van der Waals surface area contributed by atoms with Crippen LogP contribution in [0.25, 0.3) is 11.2 Å². The molecule has 110 valence electrons. The Morgan fingerprint density at radius 1 is 1.35 bits per heavy atom. The van der Waals surface area contributed by atoms with E-state index in [-0.39, 0.29) is 0 Å². The van der Waals surface area contributed by atoms with Gasteiger partial charge in [0, 0.05) is 13.1 Å². The molecule has 0 bridgehead atoms. The van der Waals surface area contributed by atoms with Crippen LogP contribution in [0, 0.1) is 16.6 Å². The Morgan fingerprint density at radius 2 is 2.10 bits per heavy atom. The maximum absolute atomic E-state index is 5.61. The molecular weight excluding hydrogens is 268 g/mol. The lowest BCUT2D eigenvalue weighted by molar-refractivity contribution is 0.187. The summed E-state index contributed by atoms with van der Waals surface area (Å²) in [5.74, 6) is 1.42. The van der Waals surface area contributed by atoms with Crippen LogP contribution in [0.5, 0.6) is 0 Å². The van der Waals surface area contributed by atoms with E-state index in [4.69, 9.17) is 12.2 Å². The van der Waals surface area contributed by atoms with Gasteiger partial charge in [0.25, 0.3) is 0 Å². The van der Waals surface area contributed by atoms with Gasteiger partial charge in [-0.25, -0.2) is 0 Å². The van der Waals surface area contributed by atoms with Crippen LogP contribution in [-0.2, 0) is 13.5 Å². The first-order chi connectivity index (χ1) is 9.54. The standard InChI is InChI=1S/C15H24N4S/c1-5-11-13-14(18(4)17-11)19(15(20)16-13)12-8-6-7-9(2)10(12)3/h9-10,12H,5-8H2,1-4H3,(H,16,20). The van der Waals surface area contributed by atoms with Crippen molar-refractivity contribution in [3.05, 3.63) is 10.5 Å². The second-order valence-corrected chi connectivity index (χ2v) is 6.64. The third-order valence-corrected chi connectivity index (χ3v) is 5.40. The zero-order chi connectivity index (χ0) is 14.4. The lowest BCUT2D eigenvalue weighted by atomic mass is 9.78. The van der Waals surface area contributed by atoms with Crippen LogP contribution < -0.4 is 0 Å². The number of hydrogen-bond donors (Lipinski definition) is 1. The number of fused-ring (bicyclic) bond motifs is 1. The van der Waals surface area contributed by atoms with E-state index in [2.05, 4.69) is 35.4 Å². The number of imidazole rings is 1. The lowest BCUT2D eigenvalue weighted by Gasteiger charge is -2.35. The first-order valence-electron chi connectivity index (χ1n) is 7.70. The number of aromatic amines is 1. The topological polar surface area (TPSA) is 38.5 Å². The van der Waals surface area contributed by atoms with Crippen molar-refractivity contribution >= 4 is 23.4 Å². The largest absolute Gasteiger partial charge is 0.328 e. The van der Waals surface area contributed by atoms with Gasteiger partial charge >= 0.3 is 0 Å². The van der Waals surface area contributed by atoms with Gasteiger partial charge in [-0.05, 0) is 36.9 Å². The molecule has 3 rings (SSSR count). The van der Waals surface area contributed by atoms with E-state index >= 15 is 0 Å². The third kappa shape index (κ3) is 1.94. The first kappa shape index (κ1) is 13.9. The normalized spacial score (nSPS) is 27.3. The van der Waals surface area contributed by atoms with Gasteiger partial charge in [-0.15, -0.1) is 0 Å². The predicted octanol–water partition coefficient (Wildman–Crippen LogP) is 3.99. The quantitative estimate of drug-likeness (QED) is 0.850. The van der Waals surface area contributed by atoms with Crippen molar-refractivity contribution in [2.75, 3.05) is 0 Å². The second-order valence-electron chi connectivity index (χ2n) is 6.26. The number of rotatable bonds is 2. The molecule has 0 saturated heterocycles. The highest BCUT2D eigenvalue weighted by atomic mass is 32.1. The molecule has 1 saturated carbocycles. The molecule has 1 fully saturated rings. The summed E-state index contributed by atoms with van der Waals surface area (Å²) in [5, 5.41) is 4.63. The van der Waals surface area contributed by atoms with Crippen molar-refractivity contribution in [3.8, 4) is 0 Å². The summed E-state index contributed by atoms with van der Waals surface area (Å²) in [6.45, 7) is 6.87. The highest BCUT2D eigenvalue weighted by Gasteiger charge is 2.31. The van der Waals surface area contributed by atoms with Crippen molar-refractivity contribution < 1.29 is 0 Å². The Bertz CT molecular complexity index is 678. The summed E-state index contributed by atoms with van der Waals surface area (Å²) in [5.41, 5.74) is 3.41. The van der Waals surface area contributed by atoms with Gasteiger partial charge in [-0.2, -0.15) is 5.10 Å². The van der Waals surface area contributed by atoms with Crippen molar-refractivity contribution in [2.24, 2.45) is 18.9 Å². The fraction of sp³-hybridized carbons (Fsp3) is 0.733. The van der Waals surface area contributed by atoms with E-state index in [1.165, 1.54) is 19.3 Å². The molecule has 1 N–H and O–H groups in total. The summed E-state index contributed by atoms with van der Waals surface area (Å²) < 4.78 is 5.18. The van der Waals surface area contributed by atoms with Crippen molar-refractivity contribution in [1.29, 1.82) is 0 Å². The van der Waals surface area contributed by atoms with E-state index in [0.717, 1.165) is 34.0 Å². The zero-order valence-corrected chi connectivity index (χ0v) is 13.6. The van der Waals surface area contributed by atoms with Crippen molar-refractivity contribution in [2.45, 2.75) is 52.5 Å². The highest BCUT2D eigenvalue weighted by Crippen LogP contribution is 2.39. The Morgan fingerprint density at radius 3 is 2.80 bits per heavy atom. The molecule has 2 aromatic heterocycles. The van der Waals surface area contributed by atoms with E-state index in [1.807, 2.05) is 11.7 Å². The maximum Gasteiger partial charge on any atom is 0.179 e. The molecule has 4 nitrogen and oxygen atoms in total. The van der Waals surface area contributed by atoms with E-state index in [9.17, 15) is 0 Å². The third-order valence-electron chi connectivity index (χ3n) is 5.10. The van der Waals surface area contributed by atoms with Crippen LogP contribution in [0.3, 0.4) is 0 Å². The number of nitrogens with zero attached hydrogens (tertiary/aromatic N) is 3. The molecule has 0 aromatic carbocycles. The van der Waals surface area contributed by atoms with E-state index < -0.39 is 0 Å². The number of hydrogen-bond acceptors (Lipinski definition) is 2. The molecular formula is C15H24N4S. The van der Waals surface area contributed by atoms with Crippen molar-refractivity contribution in [3.63, 3.8) is 0 Å². The van der Waals surface area contributed by atoms with Crippen LogP contribution >= 0.6 is 12.2 Å². The molecule has 2 aromatic rings. The van der Waals surface area contributed by atoms with E-state index in [0.29, 0.717) is 12.0 Å². The van der Waals surface area contributed by atoms with E-state index in [1.54, 1.807) is 0 Å². The molecule has 5 heteroatoms. The summed E-state index contributed by atoms with van der Waals surface area (Å²) >= 11 is 5.61. The molecule has 1 aliphatic rings. The average Bonchev–Trinajstić information content (AvgIpc) is 2.90. The zero-order valence-electron chi connectivity index (χ0n) is 12.8. The highest BCUT2D eigenvalue weighted by molar-refractivity contribution is 7.71. The number of nitrogens with one attached hydrogen (secondary N) is 1. The lowest BCUT2D eigenvalue weighted by Crippen LogP contribution is -2.27. The molecule has 3 unspecified atom stereocenters. The van der Waals surface area contributed by atoms with Crippen LogP contribution in [0.2, 0.25) is 0 Å². The Labute approximate surface area is 125 Å². The molecule has 0 aliphatic heterocycles. The fourth-order valence-electron chi connectivity index (χ4n) is 3.71. The maximum atomic E-state index is 5.61. The minimum atomic E-state index is 0.500. The minimum absolute atomic E-state index is 0.500. The average molecular weight is 292 g/mol. The second kappa shape index (κ2) is 5.02. The minimum Gasteiger partial charge on any atom is -0.328 e. The van der Waals surface area contributed by atoms with Crippen LogP contribution in [0.15, 0.2) is 0 Å². The fourth-order valence-corrected chi connectivity index (χ4v) is 4.03. The van der Waals surface area contributed by atoms with Crippen LogP contribution in [-0.4, -0.2) is 19.3 Å². The molecule has 3 atom stereocenters. The summed E-state index contributed by atoms with van der Waals surface area (Å²) in [4.78, 5) is 3.39. The van der Waals surface area contributed by atoms with Gasteiger partial charge in [0.15, 0.2) is 10.4 Å². The molecule has 0 spiro atoms. The smallest absolute Gasteiger partial charge is 0.179 e. The number of aromatic nitrogens is 4. The van der Waals surface area contributed by atoms with Gasteiger partial charge in [-0.1, -0.05) is 33.6 Å². The monoisotopic (exact) mass is 292 g/mol. The molecule has 2 heterocycles. The molecule has 0 amide bonds. The van der Waals surface area contributed by atoms with Crippen LogP contribution in [0.4, 0.5) is 0 Å². The van der Waals surface area contributed by atoms with Gasteiger partial charge in [0.05, 0.1) is 5.69 Å². The summed E-state index contributed by atoms with van der Waals surface area (Å²) in [6.07, 6.45) is 4.79. The van der Waals surface area contributed by atoms with Gasteiger partial charge in [0.2, 0.25) is 0 Å². The summed E-state index contributed by atoms with van der Waals surface area (Å²) in [7, 11) is 2.03. The van der Waals surface area contributed by atoms with Crippen LogP contribution in [0.1, 0.15) is 51.8 Å². The first-order valence-corrected chi connectivity index (χ1v) is 8.11. The van der Waals surface area contributed by atoms with Gasteiger partial charge in [-0.3, -0.25) is 9.25 Å². The number of H-pyrrole nitrogens is 1. The Balaban J connectivity index is 2.18. The number of aryl methyl sites for hydroxylation is 2. The van der Waals surface area contributed by atoms with Gasteiger partial charge in [0.1, 0.15) is 5.52 Å². The van der Waals surface area contributed by atoms with Gasteiger partial charge < -0.3 is 4.98 Å².